The van der Waals surface area contributed by atoms with Crippen LogP contribution in [0.5, 0.6) is 0 Å². The zero-order valence-electron chi connectivity index (χ0n) is 10.0. The summed E-state index contributed by atoms with van der Waals surface area (Å²) >= 11 is 0. The Hall–Kier alpha value is -1.75. The van der Waals surface area contributed by atoms with Gasteiger partial charge in [0.15, 0.2) is 0 Å². The molecule has 18 heavy (non-hydrogen) atoms. The number of benzene rings is 1. The van der Waals surface area contributed by atoms with Crippen LogP contribution in [0.25, 0.3) is 0 Å². The number of aromatic nitrogens is 3. The number of halogens is 1. The third kappa shape index (κ3) is 2.13. The van der Waals surface area contributed by atoms with Gasteiger partial charge in [-0.05, 0) is 30.5 Å². The van der Waals surface area contributed by atoms with Crippen LogP contribution in [0.15, 0.2) is 24.3 Å². The SMILES string of the molecule is NCc1nnc(Cc2ccc(F)cc2)n1C1CC1. The Kier molecular flexibility index (Phi) is 2.83. The maximum absolute atomic E-state index is 12.9. The molecule has 0 spiro atoms. The molecule has 1 saturated carbocycles. The Balaban J connectivity index is 1.88. The molecule has 94 valence electrons. The zero-order chi connectivity index (χ0) is 12.5. The minimum absolute atomic E-state index is 0.218. The summed E-state index contributed by atoms with van der Waals surface area (Å²) in [5.41, 5.74) is 6.71. The van der Waals surface area contributed by atoms with Crippen molar-refractivity contribution in [2.45, 2.75) is 31.8 Å². The molecule has 5 heteroatoms. The standard InChI is InChI=1S/C13H15FN4/c14-10-3-1-9(2-4-10)7-12-16-17-13(8-15)18(12)11-5-6-11/h1-4,11H,5-8,15H2. The molecule has 1 heterocycles. The quantitative estimate of drug-likeness (QED) is 0.895. The fourth-order valence-electron chi connectivity index (χ4n) is 2.16. The Morgan fingerprint density at radius 3 is 2.44 bits per heavy atom. The van der Waals surface area contributed by atoms with Gasteiger partial charge in [-0.15, -0.1) is 10.2 Å². The lowest BCUT2D eigenvalue weighted by atomic mass is 10.1. The van der Waals surface area contributed by atoms with Crippen LogP contribution in [-0.4, -0.2) is 14.8 Å². The van der Waals surface area contributed by atoms with Gasteiger partial charge in [0.2, 0.25) is 0 Å². The molecular formula is C13H15FN4. The smallest absolute Gasteiger partial charge is 0.147 e. The highest BCUT2D eigenvalue weighted by atomic mass is 19.1. The molecular weight excluding hydrogens is 231 g/mol. The first kappa shape index (κ1) is 11.3. The van der Waals surface area contributed by atoms with Crippen molar-refractivity contribution in [1.29, 1.82) is 0 Å². The molecule has 0 unspecified atom stereocenters. The highest BCUT2D eigenvalue weighted by Gasteiger charge is 2.28. The van der Waals surface area contributed by atoms with E-state index in [-0.39, 0.29) is 5.82 Å². The summed E-state index contributed by atoms with van der Waals surface area (Å²) in [6, 6.07) is 7.01. The number of nitrogens with two attached hydrogens (primary N) is 1. The second-order valence-electron chi connectivity index (χ2n) is 4.64. The predicted molar refractivity (Wildman–Crippen MR) is 65.4 cm³/mol. The highest BCUT2D eigenvalue weighted by molar-refractivity contribution is 5.21. The molecule has 1 aromatic carbocycles. The van der Waals surface area contributed by atoms with Crippen molar-refractivity contribution < 1.29 is 4.39 Å². The zero-order valence-corrected chi connectivity index (χ0v) is 10.0. The topological polar surface area (TPSA) is 56.7 Å². The average Bonchev–Trinajstić information content (AvgIpc) is 3.14. The van der Waals surface area contributed by atoms with Gasteiger partial charge in [0.1, 0.15) is 17.5 Å². The number of nitrogens with zero attached hydrogens (tertiary/aromatic N) is 3. The lowest BCUT2D eigenvalue weighted by Gasteiger charge is -2.07. The minimum atomic E-state index is -0.218. The van der Waals surface area contributed by atoms with Crippen LogP contribution in [0, 0.1) is 5.82 Å². The van der Waals surface area contributed by atoms with Crippen LogP contribution in [0.4, 0.5) is 4.39 Å². The minimum Gasteiger partial charge on any atom is -0.324 e. The maximum atomic E-state index is 12.9. The van der Waals surface area contributed by atoms with Gasteiger partial charge in [-0.2, -0.15) is 0 Å². The molecule has 0 aliphatic heterocycles. The van der Waals surface area contributed by atoms with Crippen LogP contribution in [-0.2, 0) is 13.0 Å². The van der Waals surface area contributed by atoms with E-state index in [1.54, 1.807) is 12.1 Å². The molecule has 0 radical (unpaired) electrons. The molecule has 2 N–H and O–H groups in total. The first-order valence-corrected chi connectivity index (χ1v) is 6.15. The molecule has 0 atom stereocenters. The fourth-order valence-corrected chi connectivity index (χ4v) is 2.16. The summed E-state index contributed by atoms with van der Waals surface area (Å²) in [5.74, 6) is 1.55. The molecule has 0 bridgehead atoms. The van der Waals surface area contributed by atoms with Gasteiger partial charge in [0.25, 0.3) is 0 Å². The number of rotatable bonds is 4. The van der Waals surface area contributed by atoms with Crippen molar-refractivity contribution in [3.63, 3.8) is 0 Å². The summed E-state index contributed by atoms with van der Waals surface area (Å²) in [6.07, 6.45) is 3.01. The Morgan fingerprint density at radius 1 is 1.17 bits per heavy atom. The van der Waals surface area contributed by atoms with Gasteiger partial charge < -0.3 is 10.3 Å². The van der Waals surface area contributed by atoms with Gasteiger partial charge in [0, 0.05) is 12.5 Å². The Bertz CT molecular complexity index is 543. The van der Waals surface area contributed by atoms with Gasteiger partial charge in [-0.1, -0.05) is 12.1 Å². The lowest BCUT2D eigenvalue weighted by molar-refractivity contribution is 0.626. The first-order chi connectivity index (χ1) is 8.78. The van der Waals surface area contributed by atoms with E-state index in [0.29, 0.717) is 19.0 Å². The fraction of sp³-hybridized carbons (Fsp3) is 0.385. The molecule has 0 saturated heterocycles. The predicted octanol–water partition coefficient (Wildman–Crippen LogP) is 1.80. The van der Waals surface area contributed by atoms with Crippen LogP contribution < -0.4 is 5.73 Å². The highest BCUT2D eigenvalue weighted by Crippen LogP contribution is 2.36. The number of hydrogen-bond acceptors (Lipinski definition) is 3. The van der Waals surface area contributed by atoms with Crippen molar-refractivity contribution in [1.82, 2.24) is 14.8 Å². The summed E-state index contributed by atoms with van der Waals surface area (Å²) < 4.78 is 15.0. The Labute approximate surface area is 105 Å². The lowest BCUT2D eigenvalue weighted by Crippen LogP contribution is -2.10. The molecule has 4 nitrogen and oxygen atoms in total. The van der Waals surface area contributed by atoms with Gasteiger partial charge in [0.05, 0.1) is 6.54 Å². The normalized spacial score (nSPS) is 15.0. The first-order valence-electron chi connectivity index (χ1n) is 6.15. The molecule has 2 aromatic rings. The average molecular weight is 246 g/mol. The van der Waals surface area contributed by atoms with Crippen molar-refractivity contribution in [2.24, 2.45) is 5.73 Å². The van der Waals surface area contributed by atoms with Gasteiger partial charge in [-0.3, -0.25) is 0 Å². The summed E-state index contributed by atoms with van der Waals surface area (Å²) in [5, 5.41) is 8.33. The van der Waals surface area contributed by atoms with E-state index >= 15 is 0 Å². The largest absolute Gasteiger partial charge is 0.324 e. The second-order valence-corrected chi connectivity index (χ2v) is 4.64. The van der Waals surface area contributed by atoms with Crippen molar-refractivity contribution in [2.75, 3.05) is 0 Å². The van der Waals surface area contributed by atoms with Crippen LogP contribution >= 0.6 is 0 Å². The second kappa shape index (κ2) is 4.49. The van der Waals surface area contributed by atoms with E-state index in [0.717, 1.165) is 17.2 Å². The van der Waals surface area contributed by atoms with E-state index in [9.17, 15) is 4.39 Å². The van der Waals surface area contributed by atoms with E-state index in [1.165, 1.54) is 25.0 Å². The summed E-state index contributed by atoms with van der Waals surface area (Å²) in [6.45, 7) is 0.410. The van der Waals surface area contributed by atoms with Gasteiger partial charge >= 0.3 is 0 Å². The van der Waals surface area contributed by atoms with Crippen molar-refractivity contribution in [3.8, 4) is 0 Å². The maximum Gasteiger partial charge on any atom is 0.147 e. The van der Waals surface area contributed by atoms with E-state index < -0.39 is 0 Å². The molecule has 1 aliphatic carbocycles. The molecule has 0 amide bonds. The van der Waals surface area contributed by atoms with Crippen LogP contribution in [0.3, 0.4) is 0 Å². The summed E-state index contributed by atoms with van der Waals surface area (Å²) in [4.78, 5) is 0. The van der Waals surface area contributed by atoms with E-state index in [2.05, 4.69) is 14.8 Å². The van der Waals surface area contributed by atoms with Crippen LogP contribution in [0.2, 0.25) is 0 Å². The molecule has 1 fully saturated rings. The Morgan fingerprint density at radius 2 is 1.83 bits per heavy atom. The molecule has 1 aliphatic rings. The van der Waals surface area contributed by atoms with Crippen molar-refractivity contribution >= 4 is 0 Å². The van der Waals surface area contributed by atoms with Crippen molar-refractivity contribution in [3.05, 3.63) is 47.3 Å². The monoisotopic (exact) mass is 246 g/mol. The van der Waals surface area contributed by atoms with E-state index in [1.807, 2.05) is 0 Å². The van der Waals surface area contributed by atoms with E-state index in [4.69, 9.17) is 5.73 Å². The molecule has 1 aromatic heterocycles. The van der Waals surface area contributed by atoms with Gasteiger partial charge in [-0.25, -0.2) is 4.39 Å². The number of hydrogen-bond donors (Lipinski definition) is 1. The third-order valence-corrected chi connectivity index (χ3v) is 3.21. The summed E-state index contributed by atoms with van der Waals surface area (Å²) in [7, 11) is 0. The van der Waals surface area contributed by atoms with Crippen LogP contribution in [0.1, 0.15) is 36.1 Å². The third-order valence-electron chi connectivity index (χ3n) is 3.21. The molecule has 3 rings (SSSR count).